The van der Waals surface area contributed by atoms with Gasteiger partial charge in [0.1, 0.15) is 24.0 Å². The van der Waals surface area contributed by atoms with Gasteiger partial charge in [-0.1, -0.05) is 36.4 Å². The fraction of sp³-hybridized carbons (Fsp3) is 0.158. The Bertz CT molecular complexity index is 801. The minimum atomic E-state index is -0.753. The van der Waals surface area contributed by atoms with Gasteiger partial charge in [-0.25, -0.2) is 0 Å². The number of carbonyl (C=O) groups excluding carboxylic acids is 1. The number of nitriles is 1. The van der Waals surface area contributed by atoms with Gasteiger partial charge in [-0.15, -0.1) is 0 Å². The monoisotopic (exact) mass is 306 g/mol. The van der Waals surface area contributed by atoms with E-state index in [1.54, 1.807) is 18.2 Å². The summed E-state index contributed by atoms with van der Waals surface area (Å²) in [6.45, 7) is 4.53. The van der Waals surface area contributed by atoms with Gasteiger partial charge in [0.05, 0.1) is 0 Å². The molecule has 0 aliphatic rings. The first-order chi connectivity index (χ1) is 11.0. The maximum atomic E-state index is 11.2. The van der Waals surface area contributed by atoms with Crippen molar-refractivity contribution in [2.24, 2.45) is 5.73 Å². The number of ether oxygens (including phenoxy) is 1. The van der Waals surface area contributed by atoms with E-state index in [0.29, 0.717) is 17.9 Å². The molecule has 2 N–H and O–H groups in total. The highest BCUT2D eigenvalue weighted by Crippen LogP contribution is 2.22. The van der Waals surface area contributed by atoms with Gasteiger partial charge < -0.3 is 10.5 Å². The second-order valence-electron chi connectivity index (χ2n) is 5.28. The lowest BCUT2D eigenvalue weighted by Crippen LogP contribution is -2.12. The van der Waals surface area contributed by atoms with Crippen molar-refractivity contribution in [3.63, 3.8) is 0 Å². The summed E-state index contributed by atoms with van der Waals surface area (Å²) in [5, 5.41) is 8.95. The van der Waals surface area contributed by atoms with Crippen LogP contribution < -0.4 is 10.5 Å². The molecule has 0 aliphatic carbocycles. The summed E-state index contributed by atoms with van der Waals surface area (Å²) < 4.78 is 5.84. The Hall–Kier alpha value is -3.06. The molecule has 0 atom stereocenters. The van der Waals surface area contributed by atoms with Crippen molar-refractivity contribution in [1.82, 2.24) is 0 Å². The normalized spacial score (nSPS) is 10.9. The number of rotatable bonds is 5. The summed E-state index contributed by atoms with van der Waals surface area (Å²) in [5.41, 5.74) is 9.21. The number of hydrogen-bond acceptors (Lipinski definition) is 3. The Morgan fingerprint density at radius 1 is 1.22 bits per heavy atom. The van der Waals surface area contributed by atoms with Crippen LogP contribution in [0.5, 0.6) is 5.75 Å². The minimum Gasteiger partial charge on any atom is -0.488 e. The van der Waals surface area contributed by atoms with E-state index in [1.165, 1.54) is 17.2 Å². The van der Waals surface area contributed by atoms with Gasteiger partial charge >= 0.3 is 0 Å². The van der Waals surface area contributed by atoms with Crippen molar-refractivity contribution < 1.29 is 9.53 Å². The van der Waals surface area contributed by atoms with Gasteiger partial charge in [-0.2, -0.15) is 5.26 Å². The molecule has 0 spiro atoms. The summed E-state index contributed by atoms with van der Waals surface area (Å²) >= 11 is 0. The Balaban J connectivity index is 2.22. The molecule has 0 saturated heterocycles. The van der Waals surface area contributed by atoms with E-state index in [2.05, 4.69) is 26.0 Å². The number of para-hydroxylation sites is 1. The predicted molar refractivity (Wildman–Crippen MR) is 89.5 cm³/mol. The van der Waals surface area contributed by atoms with Crippen LogP contribution in [0.15, 0.2) is 48.0 Å². The zero-order valence-electron chi connectivity index (χ0n) is 13.2. The molecule has 0 bridgehead atoms. The van der Waals surface area contributed by atoms with Crippen LogP contribution in [0.2, 0.25) is 0 Å². The molecule has 0 fully saturated rings. The van der Waals surface area contributed by atoms with Gasteiger partial charge in [-0.3, -0.25) is 4.79 Å². The lowest BCUT2D eigenvalue weighted by Gasteiger charge is -2.10. The third-order valence-corrected chi connectivity index (χ3v) is 3.57. The number of aryl methyl sites for hydroxylation is 2. The van der Waals surface area contributed by atoms with Crippen molar-refractivity contribution in [2.75, 3.05) is 0 Å². The molecular formula is C19H18N2O2. The average Bonchev–Trinajstić information content (AvgIpc) is 2.54. The summed E-state index contributed by atoms with van der Waals surface area (Å²) in [6.07, 6.45) is 1.44. The minimum absolute atomic E-state index is 0.104. The molecule has 2 rings (SSSR count). The lowest BCUT2D eigenvalue weighted by atomic mass is 10.1. The number of primary amides is 1. The van der Waals surface area contributed by atoms with E-state index in [9.17, 15) is 4.79 Å². The highest BCUT2D eigenvalue weighted by Gasteiger charge is 2.07. The zero-order chi connectivity index (χ0) is 16.8. The van der Waals surface area contributed by atoms with Gasteiger partial charge in [0, 0.05) is 5.56 Å². The SMILES string of the molecule is Cc1ccc(COc2ccccc2/C=C(\C#N)C(N)=O)cc1C. The fourth-order valence-corrected chi connectivity index (χ4v) is 2.10. The van der Waals surface area contributed by atoms with E-state index in [1.807, 2.05) is 18.2 Å². The summed E-state index contributed by atoms with van der Waals surface area (Å²) in [5.74, 6) is -0.156. The van der Waals surface area contributed by atoms with Gasteiger partial charge in [0.15, 0.2) is 0 Å². The standard InChI is InChI=1S/C19H18N2O2/c1-13-7-8-15(9-14(13)2)12-23-18-6-4-3-5-16(18)10-17(11-20)19(21)22/h3-10H,12H2,1-2H3,(H2,21,22)/b17-10+. The van der Waals surface area contributed by atoms with Crippen LogP contribution in [0.25, 0.3) is 6.08 Å². The molecule has 0 unspecified atom stereocenters. The number of nitrogens with zero attached hydrogens (tertiary/aromatic N) is 1. The number of carbonyl (C=O) groups is 1. The molecule has 2 aromatic carbocycles. The van der Waals surface area contributed by atoms with Gasteiger partial charge in [-0.05, 0) is 42.7 Å². The summed E-state index contributed by atoms with van der Waals surface area (Å²) in [6, 6.07) is 15.2. The van der Waals surface area contributed by atoms with Crippen LogP contribution in [0.1, 0.15) is 22.3 Å². The van der Waals surface area contributed by atoms with E-state index in [4.69, 9.17) is 15.7 Å². The van der Waals surface area contributed by atoms with Crippen LogP contribution in [0.3, 0.4) is 0 Å². The van der Waals surface area contributed by atoms with E-state index in [0.717, 1.165) is 5.56 Å². The third-order valence-electron chi connectivity index (χ3n) is 3.57. The van der Waals surface area contributed by atoms with E-state index in [-0.39, 0.29) is 5.57 Å². The zero-order valence-corrected chi connectivity index (χ0v) is 13.2. The predicted octanol–water partition coefficient (Wildman–Crippen LogP) is 3.27. The molecule has 0 radical (unpaired) electrons. The van der Waals surface area contributed by atoms with Crippen LogP contribution >= 0.6 is 0 Å². The van der Waals surface area contributed by atoms with E-state index >= 15 is 0 Å². The largest absolute Gasteiger partial charge is 0.488 e. The molecule has 0 aromatic heterocycles. The molecule has 4 nitrogen and oxygen atoms in total. The maximum absolute atomic E-state index is 11.2. The number of amides is 1. The molecule has 116 valence electrons. The fourth-order valence-electron chi connectivity index (χ4n) is 2.10. The first-order valence-corrected chi connectivity index (χ1v) is 7.21. The maximum Gasteiger partial charge on any atom is 0.259 e. The first kappa shape index (κ1) is 16.3. The molecule has 23 heavy (non-hydrogen) atoms. The highest BCUT2D eigenvalue weighted by atomic mass is 16.5. The molecule has 4 heteroatoms. The van der Waals surface area contributed by atoms with Crippen molar-refractivity contribution in [3.8, 4) is 11.8 Å². The molecule has 0 saturated carbocycles. The number of hydrogen-bond donors (Lipinski definition) is 1. The smallest absolute Gasteiger partial charge is 0.259 e. The number of benzene rings is 2. The van der Waals surface area contributed by atoms with Gasteiger partial charge in [0.2, 0.25) is 0 Å². The Kier molecular flexibility index (Phi) is 5.16. The summed E-state index contributed by atoms with van der Waals surface area (Å²) in [7, 11) is 0. The van der Waals surface area contributed by atoms with Crippen LogP contribution in [-0.2, 0) is 11.4 Å². The first-order valence-electron chi connectivity index (χ1n) is 7.21. The number of nitrogens with two attached hydrogens (primary N) is 1. The Morgan fingerprint density at radius 3 is 2.61 bits per heavy atom. The van der Waals surface area contributed by atoms with Gasteiger partial charge in [0.25, 0.3) is 5.91 Å². The molecule has 0 aliphatic heterocycles. The highest BCUT2D eigenvalue weighted by molar-refractivity contribution is 6.00. The average molecular weight is 306 g/mol. The molecule has 2 aromatic rings. The summed E-state index contributed by atoms with van der Waals surface area (Å²) in [4.78, 5) is 11.2. The molecule has 0 heterocycles. The third kappa shape index (κ3) is 4.21. The molecule has 1 amide bonds. The Labute approximate surface area is 135 Å². The van der Waals surface area contributed by atoms with Crippen LogP contribution in [-0.4, -0.2) is 5.91 Å². The molecular weight excluding hydrogens is 288 g/mol. The second-order valence-corrected chi connectivity index (χ2v) is 5.28. The lowest BCUT2D eigenvalue weighted by molar-refractivity contribution is -0.114. The van der Waals surface area contributed by atoms with Crippen molar-refractivity contribution in [2.45, 2.75) is 20.5 Å². The van der Waals surface area contributed by atoms with Crippen molar-refractivity contribution in [1.29, 1.82) is 5.26 Å². The van der Waals surface area contributed by atoms with E-state index < -0.39 is 5.91 Å². The van der Waals surface area contributed by atoms with Crippen molar-refractivity contribution >= 4 is 12.0 Å². The van der Waals surface area contributed by atoms with Crippen LogP contribution in [0.4, 0.5) is 0 Å². The topological polar surface area (TPSA) is 76.1 Å². The quantitative estimate of drug-likeness (QED) is 0.680. The van der Waals surface area contributed by atoms with Crippen molar-refractivity contribution in [3.05, 3.63) is 70.3 Å². The Morgan fingerprint density at radius 2 is 1.96 bits per heavy atom. The van der Waals surface area contributed by atoms with Crippen LogP contribution in [0, 0.1) is 25.2 Å². The second kappa shape index (κ2) is 7.28.